The van der Waals surface area contributed by atoms with Crippen LogP contribution in [0.3, 0.4) is 0 Å². The fourth-order valence-corrected chi connectivity index (χ4v) is 6.06. The molecule has 4 rings (SSSR count). The number of nitrogens with one attached hydrogen (secondary N) is 2. The SMILES string of the molecule is Cc1ccc(OCCCCNC(=O)CCSCc2nc3sc4c(c3c(=O)[nH]2)CCCC4)cc1. The average molecular weight is 486 g/mol. The van der Waals surface area contributed by atoms with Crippen molar-refractivity contribution in [3.05, 3.63) is 56.4 Å². The highest BCUT2D eigenvalue weighted by Gasteiger charge is 2.19. The van der Waals surface area contributed by atoms with Gasteiger partial charge in [-0.25, -0.2) is 4.98 Å². The van der Waals surface area contributed by atoms with E-state index in [4.69, 9.17) is 9.72 Å². The molecule has 1 aromatic carbocycles. The van der Waals surface area contributed by atoms with Crippen LogP contribution in [-0.4, -0.2) is 34.8 Å². The van der Waals surface area contributed by atoms with Crippen molar-refractivity contribution in [2.45, 2.75) is 57.6 Å². The summed E-state index contributed by atoms with van der Waals surface area (Å²) in [7, 11) is 0. The average Bonchev–Trinajstić information content (AvgIpc) is 3.19. The number of hydrogen-bond donors (Lipinski definition) is 2. The van der Waals surface area contributed by atoms with E-state index in [2.05, 4.69) is 17.2 Å². The number of thiophene rings is 1. The Bertz CT molecular complexity index is 1140. The molecular weight excluding hydrogens is 454 g/mol. The first-order valence-corrected chi connectivity index (χ1v) is 13.6. The standard InChI is InChI=1S/C25H31N3O3S2/c1-17-8-10-18(11-9-17)31-14-5-4-13-26-22(29)12-15-32-16-21-27-24(30)23-19-6-2-3-7-20(19)33-25(23)28-21/h8-11H,2-7,12-16H2,1H3,(H,26,29)(H,27,28,30). The molecule has 0 unspecified atom stereocenters. The van der Waals surface area contributed by atoms with E-state index in [0.717, 1.165) is 48.1 Å². The number of benzene rings is 1. The van der Waals surface area contributed by atoms with Crippen molar-refractivity contribution in [2.75, 3.05) is 18.9 Å². The molecule has 0 atom stereocenters. The molecular formula is C25H31N3O3S2. The molecule has 1 aliphatic carbocycles. The van der Waals surface area contributed by atoms with Crippen LogP contribution in [0.25, 0.3) is 10.2 Å². The lowest BCUT2D eigenvalue weighted by atomic mass is 9.97. The van der Waals surface area contributed by atoms with E-state index in [-0.39, 0.29) is 11.5 Å². The highest BCUT2D eigenvalue weighted by Crippen LogP contribution is 2.33. The van der Waals surface area contributed by atoms with Crippen LogP contribution in [-0.2, 0) is 23.4 Å². The number of unbranched alkanes of at least 4 members (excludes halogenated alkanes) is 1. The molecule has 0 spiro atoms. The zero-order valence-corrected chi connectivity index (χ0v) is 20.7. The topological polar surface area (TPSA) is 84.1 Å². The number of thioether (sulfide) groups is 1. The Labute approximate surface area is 202 Å². The number of nitrogens with zero attached hydrogens (tertiary/aromatic N) is 1. The molecule has 0 bridgehead atoms. The van der Waals surface area contributed by atoms with Gasteiger partial charge in [0, 0.05) is 23.6 Å². The normalized spacial score (nSPS) is 13.1. The van der Waals surface area contributed by atoms with Crippen molar-refractivity contribution in [3.63, 3.8) is 0 Å². The van der Waals surface area contributed by atoms with Gasteiger partial charge in [0.2, 0.25) is 5.91 Å². The summed E-state index contributed by atoms with van der Waals surface area (Å²) in [6, 6.07) is 8.03. The van der Waals surface area contributed by atoms with Crippen molar-refractivity contribution >= 4 is 39.2 Å². The number of aromatic nitrogens is 2. The molecule has 0 aliphatic heterocycles. The monoisotopic (exact) mass is 485 g/mol. The fourth-order valence-electron chi connectivity index (χ4n) is 3.98. The van der Waals surface area contributed by atoms with Crippen molar-refractivity contribution in [1.82, 2.24) is 15.3 Å². The van der Waals surface area contributed by atoms with E-state index in [1.807, 2.05) is 24.3 Å². The maximum absolute atomic E-state index is 12.6. The Morgan fingerprint density at radius 3 is 2.88 bits per heavy atom. The van der Waals surface area contributed by atoms with Crippen LogP contribution >= 0.6 is 23.1 Å². The van der Waals surface area contributed by atoms with E-state index < -0.39 is 0 Å². The first-order chi connectivity index (χ1) is 16.1. The molecule has 0 radical (unpaired) electrons. The van der Waals surface area contributed by atoms with Gasteiger partial charge in [0.25, 0.3) is 5.56 Å². The third-order valence-electron chi connectivity index (χ3n) is 5.77. The lowest BCUT2D eigenvalue weighted by Crippen LogP contribution is -2.25. The van der Waals surface area contributed by atoms with Crippen LogP contribution in [0.2, 0.25) is 0 Å². The smallest absolute Gasteiger partial charge is 0.259 e. The molecule has 2 heterocycles. The van der Waals surface area contributed by atoms with Gasteiger partial charge in [0.15, 0.2) is 0 Å². The van der Waals surface area contributed by atoms with Crippen molar-refractivity contribution < 1.29 is 9.53 Å². The number of H-pyrrole nitrogens is 1. The maximum atomic E-state index is 12.6. The highest BCUT2D eigenvalue weighted by atomic mass is 32.2. The molecule has 3 aromatic rings. The van der Waals surface area contributed by atoms with Crippen LogP contribution in [0.15, 0.2) is 29.1 Å². The Balaban J connectivity index is 1.11. The van der Waals surface area contributed by atoms with Gasteiger partial charge in [-0.3, -0.25) is 9.59 Å². The zero-order valence-electron chi connectivity index (χ0n) is 19.1. The molecule has 2 aromatic heterocycles. The molecule has 0 saturated carbocycles. The predicted octanol–water partition coefficient (Wildman–Crippen LogP) is 4.77. The third-order valence-corrected chi connectivity index (χ3v) is 7.93. The first-order valence-electron chi connectivity index (χ1n) is 11.7. The minimum atomic E-state index is -0.0147. The van der Waals surface area contributed by atoms with E-state index in [9.17, 15) is 9.59 Å². The number of hydrogen-bond acceptors (Lipinski definition) is 6. The second-order valence-corrected chi connectivity index (χ2v) is 10.6. The number of aryl methyl sites for hydroxylation is 3. The van der Waals surface area contributed by atoms with Crippen LogP contribution < -0.4 is 15.6 Å². The summed E-state index contributed by atoms with van der Waals surface area (Å²) in [5.74, 6) is 2.95. The molecule has 1 amide bonds. The maximum Gasteiger partial charge on any atom is 0.259 e. The van der Waals surface area contributed by atoms with Crippen LogP contribution in [0.5, 0.6) is 5.75 Å². The Hall–Kier alpha value is -2.32. The minimum absolute atomic E-state index is 0.0147. The summed E-state index contributed by atoms with van der Waals surface area (Å²) >= 11 is 3.30. The van der Waals surface area contributed by atoms with Crippen molar-refractivity contribution in [2.24, 2.45) is 0 Å². The highest BCUT2D eigenvalue weighted by molar-refractivity contribution is 7.98. The number of carbonyl (C=O) groups is 1. The summed E-state index contributed by atoms with van der Waals surface area (Å²) in [5.41, 5.74) is 2.42. The summed E-state index contributed by atoms with van der Waals surface area (Å²) in [6.45, 7) is 3.37. The van der Waals surface area contributed by atoms with Gasteiger partial charge in [-0.15, -0.1) is 11.3 Å². The number of aromatic amines is 1. The van der Waals surface area contributed by atoms with Gasteiger partial charge in [-0.1, -0.05) is 17.7 Å². The summed E-state index contributed by atoms with van der Waals surface area (Å²) in [4.78, 5) is 34.5. The molecule has 8 heteroatoms. The van der Waals surface area contributed by atoms with Crippen LogP contribution in [0, 0.1) is 6.92 Å². The number of carbonyl (C=O) groups excluding carboxylic acids is 1. The quantitative estimate of drug-likeness (QED) is 0.382. The van der Waals surface area contributed by atoms with E-state index in [1.54, 1.807) is 23.1 Å². The van der Waals surface area contributed by atoms with Crippen molar-refractivity contribution in [3.8, 4) is 5.75 Å². The third kappa shape index (κ3) is 6.60. The van der Waals surface area contributed by atoms with E-state index in [0.29, 0.717) is 36.9 Å². The molecule has 176 valence electrons. The number of amides is 1. The van der Waals surface area contributed by atoms with Gasteiger partial charge in [-0.05, 0) is 63.1 Å². The summed E-state index contributed by atoms with van der Waals surface area (Å²) < 4.78 is 5.70. The van der Waals surface area contributed by atoms with E-state index >= 15 is 0 Å². The van der Waals surface area contributed by atoms with Gasteiger partial charge < -0.3 is 15.0 Å². The summed E-state index contributed by atoms with van der Waals surface area (Å²) in [5, 5.41) is 3.77. The Kier molecular flexibility index (Phi) is 8.45. The molecule has 6 nitrogen and oxygen atoms in total. The van der Waals surface area contributed by atoms with E-state index in [1.165, 1.54) is 22.4 Å². The van der Waals surface area contributed by atoms with Gasteiger partial charge in [-0.2, -0.15) is 11.8 Å². The van der Waals surface area contributed by atoms with Gasteiger partial charge in [0.05, 0.1) is 17.7 Å². The Morgan fingerprint density at radius 1 is 1.21 bits per heavy atom. The number of rotatable bonds is 11. The fraction of sp³-hybridized carbons (Fsp3) is 0.480. The first kappa shape index (κ1) is 23.8. The van der Waals surface area contributed by atoms with Gasteiger partial charge in [0.1, 0.15) is 16.4 Å². The minimum Gasteiger partial charge on any atom is -0.494 e. The molecule has 1 aliphatic rings. The summed E-state index contributed by atoms with van der Waals surface area (Å²) in [6.07, 6.45) is 6.66. The Morgan fingerprint density at radius 2 is 2.03 bits per heavy atom. The van der Waals surface area contributed by atoms with Crippen LogP contribution in [0.4, 0.5) is 0 Å². The largest absolute Gasteiger partial charge is 0.494 e. The van der Waals surface area contributed by atoms with Crippen LogP contribution in [0.1, 0.15) is 53.9 Å². The molecule has 2 N–H and O–H groups in total. The van der Waals surface area contributed by atoms with Gasteiger partial charge >= 0.3 is 0 Å². The number of ether oxygens (including phenoxy) is 1. The lowest BCUT2D eigenvalue weighted by Gasteiger charge is -2.09. The zero-order chi connectivity index (χ0) is 23.0. The lowest BCUT2D eigenvalue weighted by molar-refractivity contribution is -0.120. The molecule has 0 saturated heterocycles. The molecule has 33 heavy (non-hydrogen) atoms. The van der Waals surface area contributed by atoms with Crippen molar-refractivity contribution in [1.29, 1.82) is 0 Å². The number of fused-ring (bicyclic) bond motifs is 3. The second kappa shape index (κ2) is 11.7. The molecule has 0 fully saturated rings. The predicted molar refractivity (Wildman–Crippen MR) is 137 cm³/mol. The second-order valence-electron chi connectivity index (χ2n) is 8.42.